The standard InChI is InChI=1S/C12H17ClN2O2/c1-9-10(17-8-14-9)11(16)15-12(7-13)5-3-2-4-6-12/h8H,2-7H2,1H3,(H,15,16). The van der Waals surface area contributed by atoms with E-state index in [0.29, 0.717) is 17.3 Å². The molecule has 94 valence electrons. The van der Waals surface area contributed by atoms with Gasteiger partial charge in [0.15, 0.2) is 6.39 Å². The molecule has 0 radical (unpaired) electrons. The Morgan fingerprint density at radius 3 is 2.76 bits per heavy atom. The zero-order chi connectivity index (χ0) is 12.3. The summed E-state index contributed by atoms with van der Waals surface area (Å²) in [6.45, 7) is 1.76. The van der Waals surface area contributed by atoms with Crippen LogP contribution in [0, 0.1) is 6.92 Å². The fraction of sp³-hybridized carbons (Fsp3) is 0.667. The normalized spacial score (nSPS) is 18.9. The Bertz CT molecular complexity index is 397. The van der Waals surface area contributed by atoms with Gasteiger partial charge in [-0.15, -0.1) is 11.6 Å². The van der Waals surface area contributed by atoms with E-state index in [1.54, 1.807) is 6.92 Å². The lowest BCUT2D eigenvalue weighted by Gasteiger charge is -2.36. The number of nitrogens with one attached hydrogen (secondary N) is 1. The first-order valence-corrected chi connectivity index (χ1v) is 6.49. The average Bonchev–Trinajstić information content (AvgIpc) is 2.77. The third-order valence-electron chi connectivity index (χ3n) is 3.40. The lowest BCUT2D eigenvalue weighted by Crippen LogP contribution is -2.51. The molecule has 2 rings (SSSR count). The van der Waals surface area contributed by atoms with Crippen LogP contribution in [0.25, 0.3) is 0 Å². The molecule has 0 aromatic carbocycles. The van der Waals surface area contributed by atoms with Gasteiger partial charge in [0, 0.05) is 5.88 Å². The number of rotatable bonds is 3. The van der Waals surface area contributed by atoms with Crippen LogP contribution in [0.5, 0.6) is 0 Å². The largest absolute Gasteiger partial charge is 0.438 e. The number of hydrogen-bond acceptors (Lipinski definition) is 3. The number of oxazole rings is 1. The predicted octanol–water partition coefficient (Wildman–Crippen LogP) is 2.65. The van der Waals surface area contributed by atoms with Crippen LogP contribution >= 0.6 is 11.6 Å². The second-order valence-electron chi connectivity index (χ2n) is 4.70. The quantitative estimate of drug-likeness (QED) is 0.846. The monoisotopic (exact) mass is 256 g/mol. The molecule has 0 unspecified atom stereocenters. The van der Waals surface area contributed by atoms with Gasteiger partial charge < -0.3 is 9.73 Å². The van der Waals surface area contributed by atoms with E-state index in [-0.39, 0.29) is 11.4 Å². The summed E-state index contributed by atoms with van der Waals surface area (Å²) in [5.74, 6) is 0.536. The zero-order valence-corrected chi connectivity index (χ0v) is 10.7. The fourth-order valence-electron chi connectivity index (χ4n) is 2.34. The van der Waals surface area contributed by atoms with E-state index in [2.05, 4.69) is 10.3 Å². The molecule has 0 atom stereocenters. The van der Waals surface area contributed by atoms with E-state index in [1.807, 2.05) is 0 Å². The Kier molecular flexibility index (Phi) is 3.72. The van der Waals surface area contributed by atoms with Gasteiger partial charge in [0.1, 0.15) is 0 Å². The van der Waals surface area contributed by atoms with E-state index in [4.69, 9.17) is 16.0 Å². The summed E-state index contributed by atoms with van der Waals surface area (Å²) in [5, 5.41) is 3.02. The molecule has 0 spiro atoms. The average molecular weight is 257 g/mol. The molecule has 1 N–H and O–H groups in total. The van der Waals surface area contributed by atoms with Crippen molar-refractivity contribution in [2.24, 2.45) is 0 Å². The third-order valence-corrected chi connectivity index (χ3v) is 3.91. The summed E-state index contributed by atoms with van der Waals surface area (Å²) in [6, 6.07) is 0. The van der Waals surface area contributed by atoms with Gasteiger partial charge in [-0.25, -0.2) is 4.98 Å². The van der Waals surface area contributed by atoms with Gasteiger partial charge in [0.25, 0.3) is 5.91 Å². The van der Waals surface area contributed by atoms with E-state index in [9.17, 15) is 4.79 Å². The smallest absolute Gasteiger partial charge is 0.289 e. The van der Waals surface area contributed by atoms with Crippen LogP contribution in [0.3, 0.4) is 0 Å². The SMILES string of the molecule is Cc1ncoc1C(=O)NC1(CCl)CCCCC1. The summed E-state index contributed by atoms with van der Waals surface area (Å²) >= 11 is 6.02. The highest BCUT2D eigenvalue weighted by molar-refractivity contribution is 6.18. The van der Waals surface area contributed by atoms with E-state index >= 15 is 0 Å². The molecule has 5 heteroatoms. The second kappa shape index (κ2) is 5.08. The van der Waals surface area contributed by atoms with Gasteiger partial charge in [-0.05, 0) is 19.8 Å². The van der Waals surface area contributed by atoms with Crippen LogP contribution < -0.4 is 5.32 Å². The number of hydrogen-bond donors (Lipinski definition) is 1. The molecular weight excluding hydrogens is 240 g/mol. The number of amides is 1. The van der Waals surface area contributed by atoms with Gasteiger partial charge in [-0.1, -0.05) is 19.3 Å². The van der Waals surface area contributed by atoms with E-state index in [1.165, 1.54) is 12.8 Å². The fourth-order valence-corrected chi connectivity index (χ4v) is 2.67. The molecule has 1 aromatic heterocycles. The number of carbonyl (C=O) groups is 1. The Morgan fingerprint density at radius 2 is 2.24 bits per heavy atom. The summed E-state index contributed by atoms with van der Waals surface area (Å²) < 4.78 is 5.09. The van der Waals surface area contributed by atoms with Gasteiger partial charge in [-0.2, -0.15) is 0 Å². The van der Waals surface area contributed by atoms with Crippen molar-refractivity contribution in [3.8, 4) is 0 Å². The first kappa shape index (κ1) is 12.4. The molecule has 1 aliphatic carbocycles. The number of carbonyl (C=O) groups excluding carboxylic acids is 1. The lowest BCUT2D eigenvalue weighted by molar-refractivity contribution is 0.0855. The second-order valence-corrected chi connectivity index (χ2v) is 4.96. The van der Waals surface area contributed by atoms with Crippen LogP contribution in [-0.2, 0) is 0 Å². The number of halogens is 1. The molecule has 0 bridgehead atoms. The predicted molar refractivity (Wildman–Crippen MR) is 65.2 cm³/mol. The minimum absolute atomic E-state index is 0.206. The van der Waals surface area contributed by atoms with Crippen molar-refractivity contribution >= 4 is 17.5 Å². The van der Waals surface area contributed by atoms with Crippen molar-refractivity contribution in [1.29, 1.82) is 0 Å². The van der Waals surface area contributed by atoms with E-state index in [0.717, 1.165) is 25.7 Å². The third kappa shape index (κ3) is 2.63. The molecular formula is C12H17ClN2O2. The van der Waals surface area contributed by atoms with Gasteiger partial charge in [0.05, 0.1) is 11.2 Å². The van der Waals surface area contributed by atoms with Crippen molar-refractivity contribution in [2.45, 2.75) is 44.6 Å². The molecule has 1 amide bonds. The lowest BCUT2D eigenvalue weighted by atomic mass is 9.83. The number of nitrogens with zero attached hydrogens (tertiary/aromatic N) is 1. The number of aromatic nitrogens is 1. The molecule has 1 saturated carbocycles. The van der Waals surface area contributed by atoms with Gasteiger partial charge in [-0.3, -0.25) is 4.79 Å². The minimum atomic E-state index is -0.268. The Labute approximate surface area is 106 Å². The summed E-state index contributed by atoms with van der Waals surface area (Å²) in [4.78, 5) is 16.0. The van der Waals surface area contributed by atoms with Crippen LogP contribution in [0.1, 0.15) is 48.4 Å². The van der Waals surface area contributed by atoms with Crippen molar-refractivity contribution < 1.29 is 9.21 Å². The van der Waals surface area contributed by atoms with E-state index < -0.39 is 0 Å². The molecule has 17 heavy (non-hydrogen) atoms. The van der Waals surface area contributed by atoms with Crippen LogP contribution in [0.4, 0.5) is 0 Å². The minimum Gasteiger partial charge on any atom is -0.438 e. The molecule has 1 aliphatic rings. The topological polar surface area (TPSA) is 55.1 Å². The Balaban J connectivity index is 2.08. The van der Waals surface area contributed by atoms with Gasteiger partial charge in [0.2, 0.25) is 5.76 Å². The molecule has 1 heterocycles. The molecule has 0 saturated heterocycles. The first-order chi connectivity index (χ1) is 8.17. The number of alkyl halides is 1. The van der Waals surface area contributed by atoms with Crippen LogP contribution in [0.15, 0.2) is 10.8 Å². The van der Waals surface area contributed by atoms with Crippen LogP contribution in [0.2, 0.25) is 0 Å². The molecule has 0 aliphatic heterocycles. The van der Waals surface area contributed by atoms with Gasteiger partial charge >= 0.3 is 0 Å². The maximum atomic E-state index is 12.1. The zero-order valence-electron chi connectivity index (χ0n) is 9.96. The highest BCUT2D eigenvalue weighted by Gasteiger charge is 2.34. The highest BCUT2D eigenvalue weighted by atomic mass is 35.5. The first-order valence-electron chi connectivity index (χ1n) is 5.95. The number of aryl methyl sites for hydroxylation is 1. The molecule has 1 aromatic rings. The maximum absolute atomic E-state index is 12.1. The summed E-state index contributed by atoms with van der Waals surface area (Å²) in [6.07, 6.45) is 6.62. The Hall–Kier alpha value is -1.03. The van der Waals surface area contributed by atoms with Crippen molar-refractivity contribution in [2.75, 3.05) is 5.88 Å². The van der Waals surface area contributed by atoms with Crippen LogP contribution in [-0.4, -0.2) is 22.3 Å². The summed E-state index contributed by atoms with van der Waals surface area (Å²) in [5.41, 5.74) is 0.346. The molecule has 4 nitrogen and oxygen atoms in total. The highest BCUT2D eigenvalue weighted by Crippen LogP contribution is 2.29. The Morgan fingerprint density at radius 1 is 1.53 bits per heavy atom. The molecule has 1 fully saturated rings. The van der Waals surface area contributed by atoms with Crippen molar-refractivity contribution in [3.63, 3.8) is 0 Å². The van der Waals surface area contributed by atoms with Crippen molar-refractivity contribution in [3.05, 3.63) is 17.8 Å². The maximum Gasteiger partial charge on any atom is 0.289 e. The van der Waals surface area contributed by atoms with Crippen molar-refractivity contribution in [1.82, 2.24) is 10.3 Å². The summed E-state index contributed by atoms with van der Waals surface area (Å²) in [7, 11) is 0.